The molecule has 0 spiro atoms. The van der Waals surface area contributed by atoms with E-state index in [9.17, 15) is 0 Å². The predicted molar refractivity (Wildman–Crippen MR) is 83.4 cm³/mol. The summed E-state index contributed by atoms with van der Waals surface area (Å²) in [6.07, 6.45) is 8.59. The topological polar surface area (TPSA) is 15.3 Å². The van der Waals surface area contributed by atoms with Crippen molar-refractivity contribution in [3.63, 3.8) is 0 Å². The number of unbranched alkanes of at least 4 members (excludes halogenated alkanes) is 1. The van der Waals surface area contributed by atoms with Crippen molar-refractivity contribution in [3.8, 4) is 0 Å². The highest BCUT2D eigenvalue weighted by molar-refractivity contribution is 4.87. The summed E-state index contributed by atoms with van der Waals surface area (Å²) < 4.78 is 0. The molecule has 1 N–H and O–H groups in total. The molecule has 0 bridgehead atoms. The molecule has 2 nitrogen and oxygen atoms in total. The molecule has 2 rings (SSSR count). The molecule has 1 aliphatic carbocycles. The third-order valence-corrected chi connectivity index (χ3v) is 4.61. The van der Waals surface area contributed by atoms with Crippen molar-refractivity contribution in [2.24, 2.45) is 17.8 Å². The van der Waals surface area contributed by atoms with Gasteiger partial charge in [0, 0.05) is 25.7 Å². The Labute approximate surface area is 120 Å². The van der Waals surface area contributed by atoms with Crippen molar-refractivity contribution in [1.29, 1.82) is 0 Å². The molecular formula is C17H34N2. The molecule has 1 saturated carbocycles. The summed E-state index contributed by atoms with van der Waals surface area (Å²) in [5.74, 6) is 2.75. The second-order valence-electron chi connectivity index (χ2n) is 7.40. The summed E-state index contributed by atoms with van der Waals surface area (Å²) in [5.41, 5.74) is 0. The Balaban J connectivity index is 1.79. The Morgan fingerprint density at radius 1 is 1.16 bits per heavy atom. The quantitative estimate of drug-likeness (QED) is 0.723. The number of likely N-dealkylation sites (tertiary alicyclic amines) is 1. The van der Waals surface area contributed by atoms with Crippen LogP contribution in [0.5, 0.6) is 0 Å². The Hall–Kier alpha value is -0.0800. The number of nitrogens with zero attached hydrogens (tertiary/aromatic N) is 1. The van der Waals surface area contributed by atoms with Crippen LogP contribution in [0.25, 0.3) is 0 Å². The first kappa shape index (κ1) is 15.3. The SMILES string of the molecule is CCCCC1CC(NCC(C)C)CN(CC2CC2)C1. The van der Waals surface area contributed by atoms with Gasteiger partial charge in [-0.1, -0.05) is 33.6 Å². The fraction of sp³-hybridized carbons (Fsp3) is 1.00. The lowest BCUT2D eigenvalue weighted by Crippen LogP contribution is -2.50. The Bertz CT molecular complexity index is 248. The first-order chi connectivity index (χ1) is 9.17. The van der Waals surface area contributed by atoms with Crippen LogP contribution in [0.15, 0.2) is 0 Å². The first-order valence-corrected chi connectivity index (χ1v) is 8.63. The minimum absolute atomic E-state index is 0.747. The molecule has 0 radical (unpaired) electrons. The van der Waals surface area contributed by atoms with Crippen molar-refractivity contribution in [3.05, 3.63) is 0 Å². The molecular weight excluding hydrogens is 232 g/mol. The molecule has 2 aliphatic rings. The Morgan fingerprint density at radius 3 is 2.58 bits per heavy atom. The average Bonchev–Trinajstić information content (AvgIpc) is 3.17. The van der Waals surface area contributed by atoms with Gasteiger partial charge >= 0.3 is 0 Å². The Kier molecular flexibility index (Phi) is 6.15. The second kappa shape index (κ2) is 7.64. The summed E-state index contributed by atoms with van der Waals surface area (Å²) in [6.45, 7) is 12.2. The van der Waals surface area contributed by atoms with Crippen molar-refractivity contribution in [1.82, 2.24) is 10.2 Å². The molecule has 1 saturated heterocycles. The molecule has 2 atom stereocenters. The van der Waals surface area contributed by atoms with Gasteiger partial charge in [-0.05, 0) is 50.0 Å². The van der Waals surface area contributed by atoms with E-state index in [-0.39, 0.29) is 0 Å². The standard InChI is InChI=1S/C17H34N2/c1-4-5-6-16-9-17(18-10-14(2)3)13-19(12-16)11-15-7-8-15/h14-18H,4-13H2,1-3H3. The van der Waals surface area contributed by atoms with Crippen LogP contribution in [0.3, 0.4) is 0 Å². The fourth-order valence-electron chi connectivity index (χ4n) is 3.37. The molecule has 112 valence electrons. The molecule has 2 heteroatoms. The largest absolute Gasteiger partial charge is 0.312 e. The maximum atomic E-state index is 3.81. The van der Waals surface area contributed by atoms with Crippen LogP contribution in [-0.4, -0.2) is 37.1 Å². The van der Waals surface area contributed by atoms with Crippen LogP contribution in [0.4, 0.5) is 0 Å². The third kappa shape index (κ3) is 5.83. The molecule has 1 aliphatic heterocycles. The van der Waals surface area contributed by atoms with E-state index in [1.54, 1.807) is 0 Å². The van der Waals surface area contributed by atoms with Crippen LogP contribution in [0.1, 0.15) is 59.3 Å². The molecule has 0 aromatic heterocycles. The van der Waals surface area contributed by atoms with Crippen LogP contribution in [0.2, 0.25) is 0 Å². The van der Waals surface area contributed by atoms with Crippen LogP contribution in [-0.2, 0) is 0 Å². The smallest absolute Gasteiger partial charge is 0.0198 e. The van der Waals surface area contributed by atoms with Crippen molar-refractivity contribution in [2.45, 2.75) is 65.3 Å². The minimum Gasteiger partial charge on any atom is -0.312 e. The normalized spacial score (nSPS) is 29.1. The van der Waals surface area contributed by atoms with E-state index in [2.05, 4.69) is 31.0 Å². The Morgan fingerprint density at radius 2 is 1.95 bits per heavy atom. The number of piperidine rings is 1. The van der Waals surface area contributed by atoms with Gasteiger partial charge in [0.2, 0.25) is 0 Å². The molecule has 0 aromatic carbocycles. The predicted octanol–water partition coefficient (Wildman–Crippen LogP) is 3.52. The summed E-state index contributed by atoms with van der Waals surface area (Å²) >= 11 is 0. The van der Waals surface area contributed by atoms with Gasteiger partial charge in [-0.2, -0.15) is 0 Å². The van der Waals surface area contributed by atoms with Crippen molar-refractivity contribution < 1.29 is 0 Å². The van der Waals surface area contributed by atoms with Crippen LogP contribution in [0, 0.1) is 17.8 Å². The lowest BCUT2D eigenvalue weighted by molar-refractivity contribution is 0.128. The van der Waals surface area contributed by atoms with Gasteiger partial charge in [0.05, 0.1) is 0 Å². The zero-order chi connectivity index (χ0) is 13.7. The number of hydrogen-bond donors (Lipinski definition) is 1. The van der Waals surface area contributed by atoms with Crippen LogP contribution < -0.4 is 5.32 Å². The van der Waals surface area contributed by atoms with E-state index in [4.69, 9.17) is 0 Å². The van der Waals surface area contributed by atoms with Gasteiger partial charge in [0.15, 0.2) is 0 Å². The van der Waals surface area contributed by atoms with E-state index in [1.807, 2.05) is 0 Å². The van der Waals surface area contributed by atoms with Gasteiger partial charge < -0.3 is 10.2 Å². The molecule has 0 amide bonds. The van der Waals surface area contributed by atoms with E-state index < -0.39 is 0 Å². The summed E-state index contributed by atoms with van der Waals surface area (Å²) in [7, 11) is 0. The summed E-state index contributed by atoms with van der Waals surface area (Å²) in [4.78, 5) is 2.76. The van der Waals surface area contributed by atoms with E-state index in [0.29, 0.717) is 0 Å². The van der Waals surface area contributed by atoms with Crippen LogP contribution >= 0.6 is 0 Å². The van der Waals surface area contributed by atoms with E-state index >= 15 is 0 Å². The van der Waals surface area contributed by atoms with Gasteiger partial charge in [0.25, 0.3) is 0 Å². The van der Waals surface area contributed by atoms with E-state index in [0.717, 1.165) is 23.8 Å². The maximum Gasteiger partial charge on any atom is 0.0198 e. The molecule has 2 unspecified atom stereocenters. The highest BCUT2D eigenvalue weighted by Gasteiger charge is 2.31. The van der Waals surface area contributed by atoms with E-state index in [1.165, 1.54) is 64.7 Å². The highest BCUT2D eigenvalue weighted by atomic mass is 15.2. The highest BCUT2D eigenvalue weighted by Crippen LogP contribution is 2.32. The van der Waals surface area contributed by atoms with Gasteiger partial charge in [-0.25, -0.2) is 0 Å². The monoisotopic (exact) mass is 266 g/mol. The number of hydrogen-bond acceptors (Lipinski definition) is 2. The second-order valence-corrected chi connectivity index (χ2v) is 7.40. The van der Waals surface area contributed by atoms with Gasteiger partial charge in [-0.3, -0.25) is 0 Å². The average molecular weight is 266 g/mol. The van der Waals surface area contributed by atoms with Crippen molar-refractivity contribution >= 4 is 0 Å². The number of nitrogens with one attached hydrogen (secondary N) is 1. The zero-order valence-corrected chi connectivity index (χ0v) is 13.3. The fourth-order valence-corrected chi connectivity index (χ4v) is 3.37. The van der Waals surface area contributed by atoms with Crippen molar-refractivity contribution in [2.75, 3.05) is 26.2 Å². The third-order valence-electron chi connectivity index (χ3n) is 4.61. The summed E-state index contributed by atoms with van der Waals surface area (Å²) in [6, 6.07) is 0.747. The molecule has 19 heavy (non-hydrogen) atoms. The lowest BCUT2D eigenvalue weighted by atomic mass is 9.89. The zero-order valence-electron chi connectivity index (χ0n) is 13.3. The summed E-state index contributed by atoms with van der Waals surface area (Å²) in [5, 5.41) is 3.81. The lowest BCUT2D eigenvalue weighted by Gasteiger charge is -2.38. The maximum absolute atomic E-state index is 3.81. The minimum atomic E-state index is 0.747. The first-order valence-electron chi connectivity index (χ1n) is 8.63. The van der Waals surface area contributed by atoms with Gasteiger partial charge in [0.1, 0.15) is 0 Å². The molecule has 1 heterocycles. The molecule has 2 fully saturated rings. The number of rotatable bonds is 8. The molecule has 0 aromatic rings. The van der Waals surface area contributed by atoms with Gasteiger partial charge in [-0.15, -0.1) is 0 Å².